The standard InChI is InChI=1S/C28H36N7O4P/c1-19(2)38-28(36)21(4)34-40(18-37-20(3)15-35-17-32-25-26(29)30-16-31-27(25)35)39-33-24(22-11-7-5-8-12-22)23-13-9-6-10-14-23/h5-14,16,19-21,32,34H,15,17-18H2,1-4H3,(H2,29,30,31)/t20-,21+,40?/m1/s1. The Labute approximate surface area is 236 Å². The van der Waals surface area contributed by atoms with Gasteiger partial charge in [-0.2, -0.15) is 0 Å². The highest BCUT2D eigenvalue weighted by Gasteiger charge is 2.26. The Bertz CT molecular complexity index is 1240. The summed E-state index contributed by atoms with van der Waals surface area (Å²) in [5.74, 6) is 0.783. The lowest BCUT2D eigenvalue weighted by Crippen LogP contribution is -2.36. The largest absolute Gasteiger partial charge is 0.462 e. The van der Waals surface area contributed by atoms with E-state index < -0.39 is 14.3 Å². The summed E-state index contributed by atoms with van der Waals surface area (Å²) in [6.07, 6.45) is 1.22. The molecule has 0 saturated carbocycles. The van der Waals surface area contributed by atoms with Crippen molar-refractivity contribution < 1.29 is 18.9 Å². The smallest absolute Gasteiger partial charge is 0.323 e. The number of esters is 1. The highest BCUT2D eigenvalue weighted by atomic mass is 31.2. The summed E-state index contributed by atoms with van der Waals surface area (Å²) in [5.41, 5.74) is 9.18. The summed E-state index contributed by atoms with van der Waals surface area (Å²) >= 11 is 0. The van der Waals surface area contributed by atoms with Crippen LogP contribution in [0.4, 0.5) is 17.3 Å². The number of nitrogens with two attached hydrogens (primary N) is 1. The van der Waals surface area contributed by atoms with E-state index in [2.05, 4.69) is 25.5 Å². The van der Waals surface area contributed by atoms with Crippen LogP contribution in [0.1, 0.15) is 38.8 Å². The number of carbonyl (C=O) groups excluding carboxylic acids is 1. The van der Waals surface area contributed by atoms with Crippen molar-refractivity contribution >= 4 is 37.3 Å². The van der Waals surface area contributed by atoms with E-state index in [1.807, 2.05) is 86.3 Å². The first-order valence-electron chi connectivity index (χ1n) is 13.1. The Balaban J connectivity index is 1.48. The van der Waals surface area contributed by atoms with Crippen molar-refractivity contribution in [2.75, 3.05) is 35.5 Å². The Morgan fingerprint density at radius 1 is 1.07 bits per heavy atom. The molecule has 4 rings (SSSR count). The van der Waals surface area contributed by atoms with Gasteiger partial charge >= 0.3 is 5.97 Å². The van der Waals surface area contributed by atoms with Gasteiger partial charge in [0.2, 0.25) is 8.30 Å². The van der Waals surface area contributed by atoms with Crippen molar-refractivity contribution in [3.05, 3.63) is 78.1 Å². The summed E-state index contributed by atoms with van der Waals surface area (Å²) in [5, 5.41) is 11.0. The Morgan fingerprint density at radius 3 is 2.35 bits per heavy atom. The van der Waals surface area contributed by atoms with Crippen LogP contribution in [-0.4, -0.2) is 59.5 Å². The van der Waals surface area contributed by atoms with Crippen molar-refractivity contribution in [3.63, 3.8) is 0 Å². The number of hydrogen-bond donors (Lipinski definition) is 3. The first-order valence-corrected chi connectivity index (χ1v) is 14.6. The van der Waals surface area contributed by atoms with Crippen LogP contribution in [0.5, 0.6) is 0 Å². The molecular formula is C28H36N7O4P. The molecule has 212 valence electrons. The van der Waals surface area contributed by atoms with Gasteiger partial charge in [0.05, 0.1) is 18.9 Å². The molecule has 1 aliphatic rings. The molecule has 2 aromatic carbocycles. The number of nitrogens with zero attached hydrogens (tertiary/aromatic N) is 4. The molecule has 0 fully saturated rings. The minimum atomic E-state index is -1.52. The summed E-state index contributed by atoms with van der Waals surface area (Å²) < 4.78 is 17.6. The van der Waals surface area contributed by atoms with Gasteiger partial charge in [-0.25, -0.2) is 15.1 Å². The second kappa shape index (κ2) is 14.0. The zero-order valence-corrected chi connectivity index (χ0v) is 24.0. The highest BCUT2D eigenvalue weighted by molar-refractivity contribution is 7.50. The van der Waals surface area contributed by atoms with Crippen LogP contribution in [0.15, 0.2) is 72.1 Å². The fraction of sp³-hybridized carbons (Fsp3) is 0.357. The highest BCUT2D eigenvalue weighted by Crippen LogP contribution is 2.36. The Hall–Kier alpha value is -3.79. The molecule has 1 aliphatic heterocycles. The monoisotopic (exact) mass is 565 g/mol. The van der Waals surface area contributed by atoms with E-state index in [1.165, 1.54) is 6.33 Å². The molecule has 12 heteroatoms. The number of anilines is 3. The van der Waals surface area contributed by atoms with Crippen LogP contribution in [-0.2, 0) is 18.9 Å². The van der Waals surface area contributed by atoms with Gasteiger partial charge in [0.1, 0.15) is 30.1 Å². The van der Waals surface area contributed by atoms with E-state index in [4.69, 9.17) is 19.8 Å². The first-order chi connectivity index (χ1) is 19.3. The zero-order chi connectivity index (χ0) is 28.5. The number of nitrogen functional groups attached to an aromatic ring is 1. The SMILES string of the molecule is CC(C)OC(=O)[C@H](C)NP(CO[C@H](C)CN1CNc2c(N)ncnc21)ON=C(c1ccccc1)c1ccccc1. The lowest BCUT2D eigenvalue weighted by molar-refractivity contribution is -0.148. The zero-order valence-electron chi connectivity index (χ0n) is 23.2. The molecule has 1 aromatic heterocycles. The first kappa shape index (κ1) is 29.2. The number of benzene rings is 2. The third-order valence-corrected chi connectivity index (χ3v) is 7.26. The second-order valence-electron chi connectivity index (χ2n) is 9.59. The fourth-order valence-corrected chi connectivity index (χ4v) is 5.28. The van der Waals surface area contributed by atoms with Crippen LogP contribution in [0.25, 0.3) is 0 Å². The number of fused-ring (bicyclic) bond motifs is 1. The van der Waals surface area contributed by atoms with Gasteiger partial charge in [-0.05, 0) is 27.7 Å². The number of aromatic nitrogens is 2. The number of hydrogen-bond acceptors (Lipinski definition) is 11. The molecule has 40 heavy (non-hydrogen) atoms. The van der Waals surface area contributed by atoms with E-state index in [1.54, 1.807) is 6.92 Å². The van der Waals surface area contributed by atoms with E-state index >= 15 is 0 Å². The Kier molecular flexibility index (Phi) is 10.2. The molecule has 2 heterocycles. The maximum atomic E-state index is 12.5. The molecule has 1 unspecified atom stereocenters. The van der Waals surface area contributed by atoms with Gasteiger partial charge in [-0.3, -0.25) is 4.79 Å². The normalized spacial score (nSPS) is 14.6. The fourth-order valence-electron chi connectivity index (χ4n) is 4.00. The molecular weight excluding hydrogens is 529 g/mol. The molecule has 0 aliphatic carbocycles. The number of carbonyl (C=O) groups is 1. The molecule has 0 bridgehead atoms. The lowest BCUT2D eigenvalue weighted by Gasteiger charge is -2.25. The van der Waals surface area contributed by atoms with Crippen LogP contribution in [0.2, 0.25) is 0 Å². The number of nitrogens with one attached hydrogen (secondary N) is 2. The van der Waals surface area contributed by atoms with E-state index in [0.29, 0.717) is 24.7 Å². The minimum Gasteiger partial charge on any atom is -0.462 e. The van der Waals surface area contributed by atoms with Crippen molar-refractivity contribution in [2.24, 2.45) is 5.16 Å². The lowest BCUT2D eigenvalue weighted by atomic mass is 10.0. The number of rotatable bonds is 13. The summed E-state index contributed by atoms with van der Waals surface area (Å²) in [4.78, 5) is 23.0. The minimum absolute atomic E-state index is 0.191. The molecule has 0 radical (unpaired) electrons. The van der Waals surface area contributed by atoms with Crippen molar-refractivity contribution in [1.82, 2.24) is 15.1 Å². The average Bonchev–Trinajstić information content (AvgIpc) is 3.36. The number of ether oxygens (including phenoxy) is 2. The van der Waals surface area contributed by atoms with E-state index in [9.17, 15) is 4.79 Å². The topological polar surface area (TPSA) is 136 Å². The van der Waals surface area contributed by atoms with Crippen molar-refractivity contribution in [2.45, 2.75) is 45.9 Å². The van der Waals surface area contributed by atoms with Crippen LogP contribution in [0.3, 0.4) is 0 Å². The quantitative estimate of drug-likeness (QED) is 0.119. The van der Waals surface area contributed by atoms with Gasteiger partial charge in [0, 0.05) is 17.7 Å². The number of oxime groups is 1. The van der Waals surface area contributed by atoms with Gasteiger partial charge in [-0.1, -0.05) is 65.8 Å². The maximum Gasteiger partial charge on any atom is 0.323 e. The van der Waals surface area contributed by atoms with Crippen molar-refractivity contribution in [1.29, 1.82) is 0 Å². The molecule has 0 saturated heterocycles. The Morgan fingerprint density at radius 2 is 1.73 bits per heavy atom. The summed E-state index contributed by atoms with van der Waals surface area (Å²) in [6.45, 7) is 8.45. The van der Waals surface area contributed by atoms with E-state index in [0.717, 1.165) is 22.6 Å². The van der Waals surface area contributed by atoms with Gasteiger partial charge < -0.3 is 30.0 Å². The summed E-state index contributed by atoms with van der Waals surface area (Å²) in [7, 11) is -1.52. The molecule has 11 nitrogen and oxygen atoms in total. The summed E-state index contributed by atoms with van der Waals surface area (Å²) in [6, 6.07) is 19.0. The molecule has 3 atom stereocenters. The van der Waals surface area contributed by atoms with Crippen LogP contribution in [0, 0.1) is 0 Å². The third kappa shape index (κ3) is 7.88. The van der Waals surface area contributed by atoms with E-state index in [-0.39, 0.29) is 24.5 Å². The van der Waals surface area contributed by atoms with Gasteiger partial charge in [0.25, 0.3) is 0 Å². The predicted octanol–water partition coefficient (Wildman–Crippen LogP) is 4.32. The molecule has 3 aromatic rings. The van der Waals surface area contributed by atoms with Gasteiger partial charge in [0.15, 0.2) is 11.6 Å². The molecule has 0 amide bonds. The maximum absolute atomic E-state index is 12.5. The molecule has 4 N–H and O–H groups in total. The molecule has 0 spiro atoms. The van der Waals surface area contributed by atoms with Crippen LogP contribution >= 0.6 is 8.30 Å². The third-order valence-electron chi connectivity index (χ3n) is 5.92. The van der Waals surface area contributed by atoms with Crippen LogP contribution < -0.4 is 21.0 Å². The van der Waals surface area contributed by atoms with Crippen molar-refractivity contribution in [3.8, 4) is 0 Å². The second-order valence-corrected chi connectivity index (χ2v) is 11.0. The predicted molar refractivity (Wildman–Crippen MR) is 158 cm³/mol. The van der Waals surface area contributed by atoms with Gasteiger partial charge in [-0.15, -0.1) is 0 Å². The average molecular weight is 566 g/mol.